The summed E-state index contributed by atoms with van der Waals surface area (Å²) in [6, 6.07) is 2.83. The quantitative estimate of drug-likeness (QED) is 0.659. The Morgan fingerprint density at radius 2 is 2.05 bits per heavy atom. The third-order valence-corrected chi connectivity index (χ3v) is 2.90. The first-order valence-corrected chi connectivity index (χ1v) is 6.07. The Morgan fingerprint density at radius 3 is 2.55 bits per heavy atom. The molecule has 1 amide bonds. The molecule has 0 heterocycles. The van der Waals surface area contributed by atoms with E-state index >= 15 is 0 Å². The maximum atomic E-state index is 13.3. The Bertz CT molecular complexity index is 532. The molecule has 0 radical (unpaired) electrons. The van der Waals surface area contributed by atoms with Gasteiger partial charge in [0.1, 0.15) is 5.82 Å². The van der Waals surface area contributed by atoms with Gasteiger partial charge in [-0.2, -0.15) is 0 Å². The van der Waals surface area contributed by atoms with Crippen LogP contribution < -0.4 is 5.73 Å². The zero-order valence-corrected chi connectivity index (χ0v) is 11.7. The number of non-ortho nitro benzene ring substituents is 1. The van der Waals surface area contributed by atoms with E-state index in [9.17, 15) is 19.3 Å². The monoisotopic (exact) mass is 283 g/mol. The molecule has 110 valence electrons. The van der Waals surface area contributed by atoms with Gasteiger partial charge in [-0.15, -0.1) is 0 Å². The lowest BCUT2D eigenvalue weighted by Gasteiger charge is -2.29. The van der Waals surface area contributed by atoms with E-state index in [0.29, 0.717) is 13.1 Å². The topological polar surface area (TPSA) is 89.5 Å². The molecule has 7 heteroatoms. The molecule has 0 bridgehead atoms. The van der Waals surface area contributed by atoms with Gasteiger partial charge in [-0.3, -0.25) is 14.9 Å². The van der Waals surface area contributed by atoms with Gasteiger partial charge in [0.15, 0.2) is 0 Å². The van der Waals surface area contributed by atoms with Crippen LogP contribution in [0.4, 0.5) is 10.1 Å². The average molecular weight is 283 g/mol. The SMILES string of the molecule is CN(CC(C)(C)CN)C(=O)c1cc(F)cc([N+](=O)[O-])c1. The second-order valence-corrected chi connectivity index (χ2v) is 5.48. The van der Waals surface area contributed by atoms with E-state index in [2.05, 4.69) is 0 Å². The molecule has 6 nitrogen and oxygen atoms in total. The smallest absolute Gasteiger partial charge is 0.273 e. The number of amides is 1. The van der Waals surface area contributed by atoms with Crippen LogP contribution in [0.25, 0.3) is 0 Å². The summed E-state index contributed by atoms with van der Waals surface area (Å²) in [5.74, 6) is -1.29. The van der Waals surface area contributed by atoms with Crippen molar-refractivity contribution in [3.8, 4) is 0 Å². The number of benzene rings is 1. The van der Waals surface area contributed by atoms with Crippen molar-refractivity contribution in [3.05, 3.63) is 39.7 Å². The fraction of sp³-hybridized carbons (Fsp3) is 0.462. The molecule has 1 aromatic rings. The first-order valence-electron chi connectivity index (χ1n) is 6.07. The Kier molecular flexibility index (Phi) is 4.78. The molecule has 0 fully saturated rings. The summed E-state index contributed by atoms with van der Waals surface area (Å²) in [5, 5.41) is 10.7. The van der Waals surface area contributed by atoms with Crippen molar-refractivity contribution < 1.29 is 14.1 Å². The third-order valence-electron chi connectivity index (χ3n) is 2.90. The maximum absolute atomic E-state index is 13.3. The van der Waals surface area contributed by atoms with Crippen LogP contribution in [-0.2, 0) is 0 Å². The highest BCUT2D eigenvalue weighted by atomic mass is 19.1. The molecule has 2 N–H and O–H groups in total. The number of nitro groups is 1. The highest BCUT2D eigenvalue weighted by Gasteiger charge is 2.23. The minimum absolute atomic E-state index is 0.0491. The molecule has 0 spiro atoms. The fourth-order valence-electron chi connectivity index (χ4n) is 1.80. The van der Waals surface area contributed by atoms with Gasteiger partial charge < -0.3 is 10.6 Å². The summed E-state index contributed by atoms with van der Waals surface area (Å²) >= 11 is 0. The number of carbonyl (C=O) groups excluding carboxylic acids is 1. The summed E-state index contributed by atoms with van der Waals surface area (Å²) in [5.41, 5.74) is 4.81. The molecule has 0 aliphatic carbocycles. The number of hydrogen-bond donors (Lipinski definition) is 1. The first kappa shape index (κ1) is 16.0. The highest BCUT2D eigenvalue weighted by molar-refractivity contribution is 5.94. The zero-order valence-electron chi connectivity index (χ0n) is 11.7. The van der Waals surface area contributed by atoms with Gasteiger partial charge in [0.25, 0.3) is 11.6 Å². The summed E-state index contributed by atoms with van der Waals surface area (Å²) in [6.45, 7) is 4.54. The average Bonchev–Trinajstić information content (AvgIpc) is 2.36. The lowest BCUT2D eigenvalue weighted by Crippen LogP contribution is -2.39. The molecule has 0 unspecified atom stereocenters. The molecule has 1 rings (SSSR count). The van der Waals surface area contributed by atoms with Crippen molar-refractivity contribution in [2.45, 2.75) is 13.8 Å². The predicted octanol–water partition coefficient (Wildman–Crippen LogP) is 1.79. The van der Waals surface area contributed by atoms with Gasteiger partial charge in [-0.05, 0) is 18.0 Å². The zero-order chi connectivity index (χ0) is 15.5. The molecule has 0 aromatic heterocycles. The van der Waals surface area contributed by atoms with Crippen molar-refractivity contribution in [2.24, 2.45) is 11.1 Å². The third kappa shape index (κ3) is 3.99. The summed E-state index contributed by atoms with van der Waals surface area (Å²) in [7, 11) is 1.55. The molecular formula is C13H18FN3O3. The molecule has 0 aliphatic rings. The van der Waals surface area contributed by atoms with Crippen molar-refractivity contribution in [1.82, 2.24) is 4.90 Å². The van der Waals surface area contributed by atoms with E-state index in [-0.39, 0.29) is 11.0 Å². The van der Waals surface area contributed by atoms with E-state index in [4.69, 9.17) is 5.73 Å². The Hall–Kier alpha value is -2.02. The minimum Gasteiger partial charge on any atom is -0.341 e. The minimum atomic E-state index is -0.811. The van der Waals surface area contributed by atoms with E-state index in [1.54, 1.807) is 7.05 Å². The number of nitro benzene ring substituents is 1. The van der Waals surface area contributed by atoms with Crippen LogP contribution in [0, 0.1) is 21.3 Å². The number of nitrogens with two attached hydrogens (primary N) is 1. The Balaban J connectivity index is 3.00. The summed E-state index contributed by atoms with van der Waals surface area (Å²) < 4.78 is 13.3. The highest BCUT2D eigenvalue weighted by Crippen LogP contribution is 2.19. The van der Waals surface area contributed by atoms with E-state index in [0.717, 1.165) is 18.2 Å². The van der Waals surface area contributed by atoms with Crippen molar-refractivity contribution in [2.75, 3.05) is 20.1 Å². The molecule has 0 atom stereocenters. The van der Waals surface area contributed by atoms with E-state index < -0.39 is 22.3 Å². The van der Waals surface area contributed by atoms with Gasteiger partial charge in [-0.1, -0.05) is 13.8 Å². The molecular weight excluding hydrogens is 265 g/mol. The van der Waals surface area contributed by atoms with Crippen molar-refractivity contribution in [1.29, 1.82) is 0 Å². The standard InChI is InChI=1S/C13H18FN3O3/c1-13(2,7-15)8-16(3)12(18)9-4-10(14)6-11(5-9)17(19)20/h4-6H,7-8,15H2,1-3H3. The van der Waals surface area contributed by atoms with Crippen LogP contribution >= 0.6 is 0 Å². The maximum Gasteiger partial charge on any atom is 0.273 e. The van der Waals surface area contributed by atoms with Gasteiger partial charge >= 0.3 is 0 Å². The van der Waals surface area contributed by atoms with Gasteiger partial charge in [0.2, 0.25) is 0 Å². The number of halogens is 1. The van der Waals surface area contributed by atoms with Gasteiger partial charge in [0.05, 0.1) is 11.0 Å². The van der Waals surface area contributed by atoms with Gasteiger partial charge in [0, 0.05) is 25.2 Å². The van der Waals surface area contributed by atoms with Crippen LogP contribution in [-0.4, -0.2) is 35.9 Å². The Labute approximate surface area is 116 Å². The fourth-order valence-corrected chi connectivity index (χ4v) is 1.80. The summed E-state index contributed by atoms with van der Waals surface area (Å²) in [6.07, 6.45) is 0. The van der Waals surface area contributed by atoms with E-state index in [1.807, 2.05) is 13.8 Å². The van der Waals surface area contributed by atoms with Crippen LogP contribution in [0.15, 0.2) is 18.2 Å². The van der Waals surface area contributed by atoms with Crippen LogP contribution in [0.1, 0.15) is 24.2 Å². The molecule has 1 aromatic carbocycles. The first-order chi connectivity index (χ1) is 9.16. The number of rotatable bonds is 5. The van der Waals surface area contributed by atoms with Crippen LogP contribution in [0.3, 0.4) is 0 Å². The Morgan fingerprint density at radius 1 is 1.45 bits per heavy atom. The normalized spacial score (nSPS) is 11.2. The molecule has 0 aliphatic heterocycles. The van der Waals surface area contributed by atoms with Crippen molar-refractivity contribution in [3.63, 3.8) is 0 Å². The number of hydrogen-bond acceptors (Lipinski definition) is 4. The molecule has 20 heavy (non-hydrogen) atoms. The van der Waals surface area contributed by atoms with E-state index in [1.165, 1.54) is 4.90 Å². The van der Waals surface area contributed by atoms with Crippen LogP contribution in [0.2, 0.25) is 0 Å². The summed E-state index contributed by atoms with van der Waals surface area (Å²) in [4.78, 5) is 23.5. The second kappa shape index (κ2) is 5.96. The van der Waals surface area contributed by atoms with Crippen LogP contribution in [0.5, 0.6) is 0 Å². The molecule has 0 saturated carbocycles. The second-order valence-electron chi connectivity index (χ2n) is 5.48. The number of carbonyl (C=O) groups is 1. The predicted molar refractivity (Wildman–Crippen MR) is 72.9 cm³/mol. The molecule has 0 saturated heterocycles. The van der Waals surface area contributed by atoms with Gasteiger partial charge in [-0.25, -0.2) is 4.39 Å². The lowest BCUT2D eigenvalue weighted by molar-refractivity contribution is -0.385. The number of nitrogens with zero attached hydrogens (tertiary/aromatic N) is 2. The largest absolute Gasteiger partial charge is 0.341 e. The lowest BCUT2D eigenvalue weighted by atomic mass is 9.93. The van der Waals surface area contributed by atoms with Crippen molar-refractivity contribution >= 4 is 11.6 Å².